The van der Waals surface area contributed by atoms with Gasteiger partial charge in [-0.15, -0.1) is 11.3 Å². The first-order chi connectivity index (χ1) is 9.56. The van der Waals surface area contributed by atoms with Crippen LogP contribution in [0.25, 0.3) is 0 Å². The van der Waals surface area contributed by atoms with Gasteiger partial charge in [-0.3, -0.25) is 0 Å². The lowest BCUT2D eigenvalue weighted by molar-refractivity contribution is 0.123. The van der Waals surface area contributed by atoms with E-state index in [0.29, 0.717) is 6.54 Å². The van der Waals surface area contributed by atoms with Gasteiger partial charge in [0.25, 0.3) is 0 Å². The maximum atomic E-state index is 10.0. The lowest BCUT2D eigenvalue weighted by Gasteiger charge is -2.19. The first-order valence-electron chi connectivity index (χ1n) is 7.31. The van der Waals surface area contributed by atoms with E-state index in [4.69, 9.17) is 0 Å². The molecule has 0 radical (unpaired) electrons. The summed E-state index contributed by atoms with van der Waals surface area (Å²) in [6.45, 7) is 6.53. The summed E-state index contributed by atoms with van der Waals surface area (Å²) in [5.74, 6) is 0. The third kappa shape index (κ3) is 4.41. The Balaban J connectivity index is 1.72. The molecule has 1 aliphatic rings. The fourth-order valence-corrected chi connectivity index (χ4v) is 3.40. The Hall–Kier alpha value is -0.690. The first kappa shape index (κ1) is 15.7. The average Bonchev–Trinajstić information content (AvgIpc) is 3.00. The molecule has 114 valence electrons. The molecule has 6 heteroatoms. The SMILES string of the molecule is Cc1nc(N(C)C)sc1CNCC(O)CN1CCCC1. The smallest absolute Gasteiger partial charge is 0.185 e. The second-order valence-electron chi connectivity index (χ2n) is 5.69. The zero-order valence-corrected chi connectivity index (χ0v) is 13.5. The predicted octanol–water partition coefficient (Wildman–Crippen LogP) is 1.06. The van der Waals surface area contributed by atoms with Gasteiger partial charge >= 0.3 is 0 Å². The summed E-state index contributed by atoms with van der Waals surface area (Å²) < 4.78 is 0. The normalized spacial score (nSPS) is 17.6. The number of rotatable bonds is 7. The number of aryl methyl sites for hydroxylation is 1. The molecule has 2 heterocycles. The first-order valence-corrected chi connectivity index (χ1v) is 8.12. The van der Waals surface area contributed by atoms with Crippen LogP contribution in [-0.4, -0.2) is 61.4 Å². The molecule has 1 atom stereocenters. The van der Waals surface area contributed by atoms with E-state index >= 15 is 0 Å². The zero-order chi connectivity index (χ0) is 14.5. The van der Waals surface area contributed by atoms with Crippen LogP contribution in [0.2, 0.25) is 0 Å². The van der Waals surface area contributed by atoms with Crippen molar-refractivity contribution in [2.45, 2.75) is 32.4 Å². The number of aromatic nitrogens is 1. The number of hydrogen-bond donors (Lipinski definition) is 2. The Bertz CT molecular complexity index is 415. The van der Waals surface area contributed by atoms with E-state index in [0.717, 1.165) is 37.0 Å². The zero-order valence-electron chi connectivity index (χ0n) is 12.7. The fourth-order valence-electron chi connectivity index (χ4n) is 2.45. The monoisotopic (exact) mass is 298 g/mol. The molecule has 0 aliphatic carbocycles. The number of aliphatic hydroxyl groups is 1. The Morgan fingerprint density at radius 2 is 2.10 bits per heavy atom. The highest BCUT2D eigenvalue weighted by molar-refractivity contribution is 7.15. The molecule has 0 saturated carbocycles. The topological polar surface area (TPSA) is 51.6 Å². The van der Waals surface area contributed by atoms with Gasteiger partial charge in [0.05, 0.1) is 11.8 Å². The third-order valence-electron chi connectivity index (χ3n) is 3.60. The van der Waals surface area contributed by atoms with Crippen LogP contribution in [0.1, 0.15) is 23.4 Å². The lowest BCUT2D eigenvalue weighted by atomic mass is 10.3. The quantitative estimate of drug-likeness (QED) is 0.788. The van der Waals surface area contributed by atoms with Crippen LogP contribution >= 0.6 is 11.3 Å². The van der Waals surface area contributed by atoms with Crippen LogP contribution < -0.4 is 10.2 Å². The van der Waals surface area contributed by atoms with Gasteiger partial charge in [0, 0.05) is 38.6 Å². The molecular weight excluding hydrogens is 272 g/mol. The van der Waals surface area contributed by atoms with Crippen molar-refractivity contribution in [1.29, 1.82) is 0 Å². The number of nitrogens with one attached hydrogen (secondary N) is 1. The van der Waals surface area contributed by atoms with Crippen molar-refractivity contribution >= 4 is 16.5 Å². The molecule has 1 fully saturated rings. The highest BCUT2D eigenvalue weighted by atomic mass is 32.1. The molecule has 1 aromatic rings. The van der Waals surface area contributed by atoms with Crippen LogP contribution in [0.3, 0.4) is 0 Å². The highest BCUT2D eigenvalue weighted by Gasteiger charge is 2.15. The van der Waals surface area contributed by atoms with Gasteiger partial charge in [0.2, 0.25) is 0 Å². The molecule has 1 aliphatic heterocycles. The summed E-state index contributed by atoms with van der Waals surface area (Å²) in [5, 5.41) is 14.4. The van der Waals surface area contributed by atoms with Gasteiger partial charge in [-0.05, 0) is 32.9 Å². The molecule has 2 rings (SSSR count). The molecule has 5 nitrogen and oxygen atoms in total. The molecule has 1 saturated heterocycles. The largest absolute Gasteiger partial charge is 0.390 e. The van der Waals surface area contributed by atoms with Crippen LogP contribution in [-0.2, 0) is 6.54 Å². The predicted molar refractivity (Wildman–Crippen MR) is 84.6 cm³/mol. The van der Waals surface area contributed by atoms with Crippen molar-refractivity contribution in [3.63, 3.8) is 0 Å². The summed E-state index contributed by atoms with van der Waals surface area (Å²) >= 11 is 1.71. The molecular formula is C14H26N4OS. The molecule has 1 aromatic heterocycles. The molecule has 20 heavy (non-hydrogen) atoms. The minimum atomic E-state index is -0.283. The molecule has 1 unspecified atom stereocenters. The van der Waals surface area contributed by atoms with Gasteiger partial charge in [0.15, 0.2) is 5.13 Å². The van der Waals surface area contributed by atoms with Crippen LogP contribution in [0.4, 0.5) is 5.13 Å². The van der Waals surface area contributed by atoms with Gasteiger partial charge in [0.1, 0.15) is 0 Å². The van der Waals surface area contributed by atoms with E-state index in [2.05, 4.69) is 15.2 Å². The van der Waals surface area contributed by atoms with Crippen molar-refractivity contribution in [2.75, 3.05) is 45.2 Å². The summed E-state index contributed by atoms with van der Waals surface area (Å²) in [6, 6.07) is 0. The van der Waals surface area contributed by atoms with Crippen molar-refractivity contribution in [3.8, 4) is 0 Å². The maximum Gasteiger partial charge on any atom is 0.185 e. The van der Waals surface area contributed by atoms with Crippen LogP contribution in [0.5, 0.6) is 0 Å². The van der Waals surface area contributed by atoms with Gasteiger partial charge < -0.3 is 20.2 Å². The number of hydrogen-bond acceptors (Lipinski definition) is 6. The minimum Gasteiger partial charge on any atom is -0.390 e. The third-order valence-corrected chi connectivity index (χ3v) is 4.92. The van der Waals surface area contributed by atoms with E-state index < -0.39 is 0 Å². The van der Waals surface area contributed by atoms with E-state index in [9.17, 15) is 5.11 Å². The molecule has 0 spiro atoms. The van der Waals surface area contributed by atoms with E-state index in [1.165, 1.54) is 17.7 Å². The molecule has 2 N–H and O–H groups in total. The van der Waals surface area contributed by atoms with Crippen molar-refractivity contribution in [2.24, 2.45) is 0 Å². The highest BCUT2D eigenvalue weighted by Crippen LogP contribution is 2.24. The Morgan fingerprint density at radius 1 is 1.40 bits per heavy atom. The van der Waals surface area contributed by atoms with E-state index in [1.54, 1.807) is 11.3 Å². The van der Waals surface area contributed by atoms with E-state index in [1.807, 2.05) is 25.9 Å². The van der Waals surface area contributed by atoms with Crippen molar-refractivity contribution < 1.29 is 5.11 Å². The Labute approximate surface area is 125 Å². The second-order valence-corrected chi connectivity index (χ2v) is 6.75. The van der Waals surface area contributed by atoms with Crippen molar-refractivity contribution in [3.05, 3.63) is 10.6 Å². The number of likely N-dealkylation sites (tertiary alicyclic amines) is 1. The summed E-state index contributed by atoms with van der Waals surface area (Å²) in [6.07, 6.45) is 2.26. The van der Waals surface area contributed by atoms with Gasteiger partial charge in [-0.2, -0.15) is 0 Å². The van der Waals surface area contributed by atoms with Crippen molar-refractivity contribution in [1.82, 2.24) is 15.2 Å². The lowest BCUT2D eigenvalue weighted by Crippen LogP contribution is -2.36. The summed E-state index contributed by atoms with van der Waals surface area (Å²) in [5.41, 5.74) is 1.08. The molecule has 0 aromatic carbocycles. The average molecular weight is 298 g/mol. The van der Waals surface area contributed by atoms with Crippen LogP contribution in [0, 0.1) is 6.92 Å². The van der Waals surface area contributed by atoms with E-state index in [-0.39, 0.29) is 6.10 Å². The van der Waals surface area contributed by atoms with Gasteiger partial charge in [-0.1, -0.05) is 0 Å². The van der Waals surface area contributed by atoms with Gasteiger partial charge in [-0.25, -0.2) is 4.98 Å². The summed E-state index contributed by atoms with van der Waals surface area (Å²) in [7, 11) is 4.02. The minimum absolute atomic E-state index is 0.283. The number of aliphatic hydroxyl groups excluding tert-OH is 1. The number of thiazole rings is 1. The number of anilines is 1. The Morgan fingerprint density at radius 3 is 2.70 bits per heavy atom. The number of β-amino-alcohol motifs (C(OH)–C–C–N with tert-alkyl or cyclic N) is 1. The molecule has 0 amide bonds. The second kappa shape index (κ2) is 7.36. The Kier molecular flexibility index (Phi) is 5.77. The van der Waals surface area contributed by atoms with Crippen LogP contribution in [0.15, 0.2) is 0 Å². The molecule has 0 bridgehead atoms. The number of nitrogens with zero attached hydrogens (tertiary/aromatic N) is 3. The maximum absolute atomic E-state index is 10.0. The summed E-state index contributed by atoms with van der Waals surface area (Å²) in [4.78, 5) is 10.1. The fraction of sp³-hybridized carbons (Fsp3) is 0.786. The standard InChI is InChI=1S/C14H26N4OS/c1-11-13(20-14(16-11)17(2)3)9-15-8-12(19)10-18-6-4-5-7-18/h12,15,19H,4-10H2,1-3H3.